The molecule has 1 aromatic heterocycles. The van der Waals surface area contributed by atoms with E-state index in [1.54, 1.807) is 0 Å². The van der Waals surface area contributed by atoms with Gasteiger partial charge in [-0.3, -0.25) is 0 Å². The van der Waals surface area contributed by atoms with Crippen molar-refractivity contribution in [2.45, 2.75) is 0 Å². The number of nitrogens with zero attached hydrogens (tertiary/aromatic N) is 1. The summed E-state index contributed by atoms with van der Waals surface area (Å²) in [5, 5.41) is 9.78. The number of benzene rings is 11. The van der Waals surface area contributed by atoms with Crippen LogP contribution in [0.2, 0.25) is 0 Å². The fourth-order valence-electron chi connectivity index (χ4n) is 9.26. The Kier molecular flexibility index (Phi) is 8.53. The number of furan rings is 1. The Balaban J connectivity index is 1.00. The van der Waals surface area contributed by atoms with Crippen LogP contribution in [0.4, 0.5) is 17.1 Å². The molecule has 0 bridgehead atoms. The van der Waals surface area contributed by atoms with Crippen molar-refractivity contribution in [2.75, 3.05) is 4.90 Å². The van der Waals surface area contributed by atoms with Crippen molar-refractivity contribution in [3.8, 4) is 44.5 Å². The van der Waals surface area contributed by atoms with Crippen LogP contribution in [0, 0.1) is 0 Å². The summed E-state index contributed by atoms with van der Waals surface area (Å²) >= 11 is 0. The van der Waals surface area contributed by atoms with Crippen molar-refractivity contribution < 1.29 is 4.42 Å². The largest absolute Gasteiger partial charge is 0.456 e. The average Bonchev–Trinajstić information content (AvgIpc) is 3.72. The first kappa shape index (κ1) is 35.7. The van der Waals surface area contributed by atoms with Crippen molar-refractivity contribution in [3.05, 3.63) is 237 Å². The van der Waals surface area contributed by atoms with Crippen molar-refractivity contribution >= 4 is 71.3 Å². The van der Waals surface area contributed by atoms with Gasteiger partial charge in [0.1, 0.15) is 11.2 Å². The second-order valence-electron chi connectivity index (χ2n) is 16.1. The van der Waals surface area contributed by atoms with Crippen molar-refractivity contribution in [3.63, 3.8) is 0 Å². The van der Waals surface area contributed by atoms with Crippen LogP contribution in [-0.4, -0.2) is 0 Å². The third kappa shape index (κ3) is 6.29. The zero-order valence-corrected chi connectivity index (χ0v) is 33.9. The number of fused-ring (bicyclic) bond motifs is 7. The second kappa shape index (κ2) is 14.8. The molecule has 12 aromatic rings. The molecule has 1 heterocycles. The molecular weight excluding hydrogens is 751 g/mol. The molecule has 0 saturated heterocycles. The molecule has 62 heavy (non-hydrogen) atoms. The number of rotatable bonds is 7. The maximum Gasteiger partial charge on any atom is 0.135 e. The van der Waals surface area contributed by atoms with E-state index in [1.807, 2.05) is 12.1 Å². The standard InChI is InChI=1S/C60H39NO/c1-2-11-43(12-3-1)55-34-27-49(47-20-18-40-10-4-5-14-45(40)36-47)39-58(55)61(52-31-24-42(25-32-52)48-28-35-60-57(38-48)56-16-8-9-17-59(56)62-60)51-29-22-41(23-30-51)46-26-33-54-50(37-46)21-19-44-13-6-7-15-53(44)54/h1-39H. The Morgan fingerprint density at radius 3 is 1.55 bits per heavy atom. The summed E-state index contributed by atoms with van der Waals surface area (Å²) in [4.78, 5) is 2.42. The summed E-state index contributed by atoms with van der Waals surface area (Å²) in [6.45, 7) is 0. The van der Waals surface area contributed by atoms with Gasteiger partial charge in [-0.2, -0.15) is 0 Å². The molecule has 2 heteroatoms. The molecule has 0 saturated carbocycles. The van der Waals surface area contributed by atoms with Crippen LogP contribution in [0.15, 0.2) is 241 Å². The normalized spacial score (nSPS) is 11.5. The van der Waals surface area contributed by atoms with Gasteiger partial charge in [0, 0.05) is 27.7 Å². The highest BCUT2D eigenvalue weighted by atomic mass is 16.3. The average molecular weight is 790 g/mol. The Morgan fingerprint density at radius 1 is 0.258 bits per heavy atom. The second-order valence-corrected chi connectivity index (χ2v) is 16.1. The van der Waals surface area contributed by atoms with Crippen molar-refractivity contribution in [1.29, 1.82) is 0 Å². The van der Waals surface area contributed by atoms with Gasteiger partial charge >= 0.3 is 0 Å². The molecule has 0 fully saturated rings. The summed E-state index contributed by atoms with van der Waals surface area (Å²) in [6, 6.07) is 85.8. The van der Waals surface area contributed by atoms with Gasteiger partial charge in [0.2, 0.25) is 0 Å². The molecule has 0 amide bonds. The highest BCUT2D eigenvalue weighted by molar-refractivity contribution is 6.09. The van der Waals surface area contributed by atoms with E-state index < -0.39 is 0 Å². The molecule has 290 valence electrons. The van der Waals surface area contributed by atoms with Crippen LogP contribution in [0.5, 0.6) is 0 Å². The smallest absolute Gasteiger partial charge is 0.135 e. The van der Waals surface area contributed by atoms with Gasteiger partial charge in [0.15, 0.2) is 0 Å². The van der Waals surface area contributed by atoms with E-state index in [0.29, 0.717) is 0 Å². The third-order valence-electron chi connectivity index (χ3n) is 12.4. The van der Waals surface area contributed by atoms with Crippen LogP contribution in [-0.2, 0) is 0 Å². The minimum Gasteiger partial charge on any atom is -0.456 e. The lowest BCUT2D eigenvalue weighted by Gasteiger charge is -2.29. The zero-order chi connectivity index (χ0) is 41.0. The molecule has 11 aromatic carbocycles. The number of hydrogen-bond donors (Lipinski definition) is 0. The minimum atomic E-state index is 0.901. The van der Waals surface area contributed by atoms with E-state index in [-0.39, 0.29) is 0 Å². The van der Waals surface area contributed by atoms with E-state index in [0.717, 1.165) is 66.8 Å². The van der Waals surface area contributed by atoms with Gasteiger partial charge in [-0.15, -0.1) is 0 Å². The summed E-state index contributed by atoms with van der Waals surface area (Å²) in [5.41, 5.74) is 14.4. The van der Waals surface area contributed by atoms with E-state index in [9.17, 15) is 0 Å². The molecule has 2 nitrogen and oxygen atoms in total. The van der Waals surface area contributed by atoms with Gasteiger partial charge in [-0.25, -0.2) is 0 Å². The van der Waals surface area contributed by atoms with Gasteiger partial charge < -0.3 is 9.32 Å². The quantitative estimate of drug-likeness (QED) is 0.150. The molecule has 0 aliphatic rings. The zero-order valence-electron chi connectivity index (χ0n) is 33.9. The molecule has 0 aliphatic heterocycles. The Hall–Kier alpha value is -8.20. The molecule has 0 unspecified atom stereocenters. The summed E-state index contributed by atoms with van der Waals surface area (Å²) in [7, 11) is 0. The summed E-state index contributed by atoms with van der Waals surface area (Å²) in [5.74, 6) is 0. The monoisotopic (exact) mass is 789 g/mol. The predicted octanol–water partition coefficient (Wildman–Crippen LogP) is 17.2. The van der Waals surface area contributed by atoms with Crippen molar-refractivity contribution in [1.82, 2.24) is 0 Å². The fraction of sp³-hybridized carbons (Fsp3) is 0. The third-order valence-corrected chi connectivity index (χ3v) is 12.4. The van der Waals surface area contributed by atoms with Crippen LogP contribution in [0.1, 0.15) is 0 Å². The molecular formula is C60H39NO. The molecule has 0 atom stereocenters. The SMILES string of the molecule is c1ccc(-c2ccc(-c3ccc4ccccc4c3)cc2N(c2ccc(-c3ccc4c(ccc5ccccc54)c3)cc2)c2ccc(-c3ccc4oc5ccccc5c4c3)cc2)cc1. The Morgan fingerprint density at radius 2 is 0.758 bits per heavy atom. The van der Waals surface area contributed by atoms with Gasteiger partial charge in [-0.1, -0.05) is 176 Å². The van der Waals surface area contributed by atoms with E-state index >= 15 is 0 Å². The lowest BCUT2D eigenvalue weighted by molar-refractivity contribution is 0.669. The molecule has 0 N–H and O–H groups in total. The molecule has 0 spiro atoms. The van der Waals surface area contributed by atoms with E-state index in [1.165, 1.54) is 49.0 Å². The number of anilines is 3. The lowest BCUT2D eigenvalue weighted by Crippen LogP contribution is -2.11. The summed E-state index contributed by atoms with van der Waals surface area (Å²) in [6.07, 6.45) is 0. The van der Waals surface area contributed by atoms with Crippen molar-refractivity contribution in [2.24, 2.45) is 0 Å². The maximum absolute atomic E-state index is 6.17. The predicted molar refractivity (Wildman–Crippen MR) is 263 cm³/mol. The first-order chi connectivity index (χ1) is 30.7. The summed E-state index contributed by atoms with van der Waals surface area (Å²) < 4.78 is 6.17. The number of hydrogen-bond acceptors (Lipinski definition) is 2. The first-order valence-corrected chi connectivity index (χ1v) is 21.2. The number of para-hydroxylation sites is 1. The van der Waals surface area contributed by atoms with E-state index in [2.05, 4.69) is 229 Å². The van der Waals surface area contributed by atoms with Crippen LogP contribution in [0.25, 0.3) is 98.8 Å². The van der Waals surface area contributed by atoms with Crippen LogP contribution in [0.3, 0.4) is 0 Å². The molecule has 12 rings (SSSR count). The Labute approximate surface area is 360 Å². The topological polar surface area (TPSA) is 16.4 Å². The van der Waals surface area contributed by atoms with Crippen LogP contribution < -0.4 is 4.90 Å². The molecule has 0 aliphatic carbocycles. The minimum absolute atomic E-state index is 0.901. The van der Waals surface area contributed by atoms with E-state index in [4.69, 9.17) is 4.42 Å². The Bertz CT molecular complexity index is 3620. The highest BCUT2D eigenvalue weighted by Gasteiger charge is 2.20. The van der Waals surface area contributed by atoms with Gasteiger partial charge in [0.05, 0.1) is 5.69 Å². The lowest BCUT2D eigenvalue weighted by atomic mass is 9.95. The van der Waals surface area contributed by atoms with Gasteiger partial charge in [0.25, 0.3) is 0 Å². The fourth-order valence-corrected chi connectivity index (χ4v) is 9.26. The first-order valence-electron chi connectivity index (χ1n) is 21.2. The van der Waals surface area contributed by atoms with Crippen LogP contribution >= 0.6 is 0 Å². The highest BCUT2D eigenvalue weighted by Crippen LogP contribution is 2.44. The molecule has 0 radical (unpaired) electrons. The van der Waals surface area contributed by atoms with Gasteiger partial charge in [-0.05, 0) is 132 Å². The maximum atomic E-state index is 6.17.